The molecule has 0 spiro atoms. The maximum Gasteiger partial charge on any atom is 0.257 e. The van der Waals surface area contributed by atoms with E-state index in [0.29, 0.717) is 24.2 Å². The molecule has 0 saturated carbocycles. The highest BCUT2D eigenvalue weighted by Gasteiger charge is 2.23. The smallest absolute Gasteiger partial charge is 0.257 e. The molecule has 0 radical (unpaired) electrons. The lowest BCUT2D eigenvalue weighted by atomic mass is 10.1. The first-order valence-corrected chi connectivity index (χ1v) is 8.00. The number of nitrogens with zero attached hydrogens (tertiary/aromatic N) is 1. The van der Waals surface area contributed by atoms with Crippen molar-refractivity contribution in [3.05, 3.63) is 28.8 Å². The number of halogens is 1. The van der Waals surface area contributed by atoms with Crippen LogP contribution in [0.5, 0.6) is 5.75 Å². The van der Waals surface area contributed by atoms with Gasteiger partial charge >= 0.3 is 0 Å². The summed E-state index contributed by atoms with van der Waals surface area (Å²) >= 11 is 5.95. The Labute approximate surface area is 131 Å². The SMILES string of the molecule is CCCCN(CC1CCCN1)C(=O)c1cc(Cl)ccc1O. The van der Waals surface area contributed by atoms with Crippen LogP contribution in [0.3, 0.4) is 0 Å². The molecule has 21 heavy (non-hydrogen) atoms. The van der Waals surface area contributed by atoms with Crippen LogP contribution in [0.2, 0.25) is 5.02 Å². The third-order valence-electron chi connectivity index (χ3n) is 3.86. The van der Waals surface area contributed by atoms with Gasteiger partial charge < -0.3 is 15.3 Å². The number of hydrogen-bond donors (Lipinski definition) is 2. The predicted octanol–water partition coefficient (Wildman–Crippen LogP) is 3.04. The molecule has 1 saturated heterocycles. The summed E-state index contributed by atoms with van der Waals surface area (Å²) in [5.41, 5.74) is 0.289. The molecule has 0 bridgehead atoms. The van der Waals surface area contributed by atoms with E-state index in [-0.39, 0.29) is 17.2 Å². The molecule has 1 unspecified atom stereocenters. The fourth-order valence-corrected chi connectivity index (χ4v) is 2.83. The molecule has 1 aromatic carbocycles. The van der Waals surface area contributed by atoms with Crippen LogP contribution in [0.1, 0.15) is 43.0 Å². The van der Waals surface area contributed by atoms with Crippen molar-refractivity contribution in [3.8, 4) is 5.75 Å². The van der Waals surface area contributed by atoms with Gasteiger partial charge in [0.15, 0.2) is 0 Å². The summed E-state index contributed by atoms with van der Waals surface area (Å²) in [5, 5.41) is 13.8. The lowest BCUT2D eigenvalue weighted by molar-refractivity contribution is 0.0736. The van der Waals surface area contributed by atoms with Gasteiger partial charge in [-0.2, -0.15) is 0 Å². The number of phenols is 1. The summed E-state index contributed by atoms with van der Waals surface area (Å²) < 4.78 is 0. The van der Waals surface area contributed by atoms with Crippen molar-refractivity contribution in [3.63, 3.8) is 0 Å². The van der Waals surface area contributed by atoms with Crippen LogP contribution in [0.15, 0.2) is 18.2 Å². The number of rotatable bonds is 6. The van der Waals surface area contributed by atoms with Crippen molar-refractivity contribution in [2.24, 2.45) is 0 Å². The molecule has 2 rings (SSSR count). The van der Waals surface area contributed by atoms with Crippen LogP contribution < -0.4 is 5.32 Å². The molecule has 2 N–H and O–H groups in total. The highest BCUT2D eigenvalue weighted by molar-refractivity contribution is 6.31. The van der Waals surface area contributed by atoms with E-state index in [0.717, 1.165) is 32.2 Å². The summed E-state index contributed by atoms with van der Waals surface area (Å²) in [5.74, 6) is -0.151. The van der Waals surface area contributed by atoms with Crippen molar-refractivity contribution in [1.29, 1.82) is 0 Å². The first-order chi connectivity index (χ1) is 10.1. The normalized spacial score (nSPS) is 17.9. The minimum atomic E-state index is -0.142. The second-order valence-corrected chi connectivity index (χ2v) is 6.00. The largest absolute Gasteiger partial charge is 0.507 e. The van der Waals surface area contributed by atoms with E-state index in [4.69, 9.17) is 11.6 Å². The Morgan fingerprint density at radius 3 is 3.00 bits per heavy atom. The highest BCUT2D eigenvalue weighted by Crippen LogP contribution is 2.23. The fourth-order valence-electron chi connectivity index (χ4n) is 2.65. The average molecular weight is 311 g/mol. The van der Waals surface area contributed by atoms with Gasteiger partial charge in [-0.3, -0.25) is 4.79 Å². The Kier molecular flexibility index (Phi) is 5.88. The van der Waals surface area contributed by atoms with Crippen LogP contribution in [-0.4, -0.2) is 41.6 Å². The van der Waals surface area contributed by atoms with Crippen LogP contribution in [0, 0.1) is 0 Å². The van der Waals surface area contributed by atoms with Crippen LogP contribution in [0.25, 0.3) is 0 Å². The second-order valence-electron chi connectivity index (χ2n) is 5.56. The third kappa shape index (κ3) is 4.35. The molecular formula is C16H23ClN2O2. The zero-order chi connectivity index (χ0) is 15.2. The molecule has 4 nitrogen and oxygen atoms in total. The van der Waals surface area contributed by atoms with E-state index in [9.17, 15) is 9.90 Å². The Bertz CT molecular complexity index is 487. The lowest BCUT2D eigenvalue weighted by Crippen LogP contribution is -2.41. The van der Waals surface area contributed by atoms with Crippen LogP contribution in [-0.2, 0) is 0 Å². The molecule has 1 amide bonds. The first-order valence-electron chi connectivity index (χ1n) is 7.63. The summed E-state index contributed by atoms with van der Waals surface area (Å²) in [6, 6.07) is 4.96. The minimum Gasteiger partial charge on any atom is -0.507 e. The zero-order valence-electron chi connectivity index (χ0n) is 12.4. The van der Waals surface area contributed by atoms with Gasteiger partial charge in [0, 0.05) is 24.2 Å². The lowest BCUT2D eigenvalue weighted by Gasteiger charge is -2.26. The van der Waals surface area contributed by atoms with E-state index in [2.05, 4.69) is 12.2 Å². The zero-order valence-corrected chi connectivity index (χ0v) is 13.2. The van der Waals surface area contributed by atoms with Gasteiger partial charge in [0.25, 0.3) is 5.91 Å². The molecule has 1 heterocycles. The highest BCUT2D eigenvalue weighted by atomic mass is 35.5. The van der Waals surface area contributed by atoms with E-state index in [1.165, 1.54) is 6.07 Å². The van der Waals surface area contributed by atoms with Crippen molar-refractivity contribution in [1.82, 2.24) is 10.2 Å². The molecule has 1 fully saturated rings. The minimum absolute atomic E-state index is 0.00900. The molecule has 1 aromatic rings. The first kappa shape index (κ1) is 16.1. The second kappa shape index (κ2) is 7.66. The van der Waals surface area contributed by atoms with E-state index in [1.807, 2.05) is 4.90 Å². The van der Waals surface area contributed by atoms with Crippen molar-refractivity contribution >= 4 is 17.5 Å². The van der Waals surface area contributed by atoms with Crippen molar-refractivity contribution < 1.29 is 9.90 Å². The van der Waals surface area contributed by atoms with Gasteiger partial charge in [0.05, 0.1) is 5.56 Å². The maximum atomic E-state index is 12.7. The number of amides is 1. The number of nitrogens with one attached hydrogen (secondary N) is 1. The Balaban J connectivity index is 2.13. The van der Waals surface area contributed by atoms with Gasteiger partial charge in [-0.25, -0.2) is 0 Å². The molecular weight excluding hydrogens is 288 g/mol. The van der Waals surface area contributed by atoms with Crippen molar-refractivity contribution in [2.45, 2.75) is 38.6 Å². The number of carbonyl (C=O) groups is 1. The Morgan fingerprint density at radius 1 is 1.52 bits per heavy atom. The van der Waals surface area contributed by atoms with Gasteiger partial charge in [0.1, 0.15) is 5.75 Å². The molecule has 5 heteroatoms. The molecule has 1 aliphatic rings. The summed E-state index contributed by atoms with van der Waals surface area (Å²) in [7, 11) is 0. The maximum absolute atomic E-state index is 12.7. The fraction of sp³-hybridized carbons (Fsp3) is 0.562. The number of benzene rings is 1. The summed E-state index contributed by atoms with van der Waals surface area (Å²) in [6.45, 7) is 4.51. The van der Waals surface area contributed by atoms with E-state index < -0.39 is 0 Å². The molecule has 116 valence electrons. The van der Waals surface area contributed by atoms with Gasteiger partial charge in [-0.05, 0) is 44.0 Å². The molecule has 0 aliphatic carbocycles. The number of hydrogen-bond acceptors (Lipinski definition) is 3. The quantitative estimate of drug-likeness (QED) is 0.849. The van der Waals surface area contributed by atoms with E-state index in [1.54, 1.807) is 12.1 Å². The number of phenolic OH excluding ortho intramolecular Hbond substituents is 1. The predicted molar refractivity (Wildman–Crippen MR) is 85.0 cm³/mol. The number of unbranched alkanes of at least 4 members (excludes halogenated alkanes) is 1. The Hall–Kier alpha value is -1.26. The van der Waals surface area contributed by atoms with Gasteiger partial charge in [-0.15, -0.1) is 0 Å². The van der Waals surface area contributed by atoms with Crippen LogP contribution in [0.4, 0.5) is 0 Å². The third-order valence-corrected chi connectivity index (χ3v) is 4.10. The van der Waals surface area contributed by atoms with Gasteiger partial charge in [-0.1, -0.05) is 24.9 Å². The standard InChI is InChI=1S/C16H23ClN2O2/c1-2-3-9-19(11-13-5-4-8-18-13)16(21)14-10-12(17)6-7-15(14)20/h6-7,10,13,18,20H,2-5,8-9,11H2,1H3. The topological polar surface area (TPSA) is 52.6 Å². The molecule has 0 aromatic heterocycles. The summed E-state index contributed by atoms with van der Waals surface area (Å²) in [6.07, 6.45) is 4.24. The van der Waals surface area contributed by atoms with E-state index >= 15 is 0 Å². The average Bonchev–Trinajstić information content (AvgIpc) is 2.98. The number of aromatic hydroxyl groups is 1. The monoisotopic (exact) mass is 310 g/mol. The molecule has 1 atom stereocenters. The Morgan fingerprint density at radius 2 is 2.33 bits per heavy atom. The van der Waals surface area contributed by atoms with Crippen molar-refractivity contribution in [2.75, 3.05) is 19.6 Å². The number of carbonyl (C=O) groups excluding carboxylic acids is 1. The molecule has 1 aliphatic heterocycles. The summed E-state index contributed by atoms with van der Waals surface area (Å²) in [4.78, 5) is 14.5. The van der Waals surface area contributed by atoms with Gasteiger partial charge in [0.2, 0.25) is 0 Å². The van der Waals surface area contributed by atoms with Crippen LogP contribution >= 0.6 is 11.6 Å².